The second kappa shape index (κ2) is 8.47. The SMILES string of the molecule is CC1CCC(C(C)C)N(CCC(=O)Nc2sccc2C#N)CC1. The number of amides is 1. The molecule has 0 aromatic carbocycles. The highest BCUT2D eigenvalue weighted by Crippen LogP contribution is 2.26. The Labute approximate surface area is 143 Å². The summed E-state index contributed by atoms with van der Waals surface area (Å²) in [6.07, 6.45) is 4.21. The maximum Gasteiger partial charge on any atom is 0.226 e. The fourth-order valence-corrected chi connectivity index (χ4v) is 4.05. The molecule has 0 spiro atoms. The first kappa shape index (κ1) is 18.0. The van der Waals surface area contributed by atoms with Gasteiger partial charge in [0, 0.05) is 19.0 Å². The molecule has 1 fully saturated rings. The van der Waals surface area contributed by atoms with Crippen LogP contribution in [0.4, 0.5) is 5.00 Å². The van der Waals surface area contributed by atoms with Crippen molar-refractivity contribution < 1.29 is 4.79 Å². The van der Waals surface area contributed by atoms with E-state index in [1.807, 2.05) is 5.38 Å². The Hall–Kier alpha value is -1.38. The molecule has 2 atom stereocenters. The molecule has 1 aromatic rings. The van der Waals surface area contributed by atoms with Crippen molar-refractivity contribution in [3.63, 3.8) is 0 Å². The van der Waals surface area contributed by atoms with Gasteiger partial charge >= 0.3 is 0 Å². The largest absolute Gasteiger partial charge is 0.317 e. The lowest BCUT2D eigenvalue weighted by molar-refractivity contribution is -0.116. The van der Waals surface area contributed by atoms with Gasteiger partial charge in [-0.1, -0.05) is 20.8 Å². The van der Waals surface area contributed by atoms with Crippen molar-refractivity contribution >= 4 is 22.2 Å². The first-order chi connectivity index (χ1) is 11.0. The number of nitriles is 1. The molecule has 0 radical (unpaired) electrons. The Kier molecular flexibility index (Phi) is 6.61. The molecule has 1 aliphatic heterocycles. The van der Waals surface area contributed by atoms with Gasteiger partial charge in [0.1, 0.15) is 11.1 Å². The van der Waals surface area contributed by atoms with E-state index in [1.165, 1.54) is 30.6 Å². The number of carbonyl (C=O) groups is 1. The highest BCUT2D eigenvalue weighted by Gasteiger charge is 2.26. The number of nitrogens with zero attached hydrogens (tertiary/aromatic N) is 2. The van der Waals surface area contributed by atoms with Crippen molar-refractivity contribution in [2.24, 2.45) is 11.8 Å². The number of rotatable bonds is 5. The van der Waals surface area contributed by atoms with Crippen LogP contribution in [0.2, 0.25) is 0 Å². The smallest absolute Gasteiger partial charge is 0.226 e. The zero-order valence-corrected chi connectivity index (χ0v) is 15.2. The minimum absolute atomic E-state index is 0.00347. The summed E-state index contributed by atoms with van der Waals surface area (Å²) in [6.45, 7) is 8.76. The molecule has 4 nitrogen and oxygen atoms in total. The van der Waals surface area contributed by atoms with Gasteiger partial charge in [0.05, 0.1) is 5.56 Å². The normalized spacial score (nSPS) is 22.6. The Morgan fingerprint density at radius 3 is 2.96 bits per heavy atom. The Morgan fingerprint density at radius 1 is 1.48 bits per heavy atom. The van der Waals surface area contributed by atoms with E-state index >= 15 is 0 Å². The average Bonchev–Trinajstić information content (AvgIpc) is 2.86. The van der Waals surface area contributed by atoms with Gasteiger partial charge in [-0.3, -0.25) is 9.69 Å². The van der Waals surface area contributed by atoms with Gasteiger partial charge in [-0.2, -0.15) is 5.26 Å². The van der Waals surface area contributed by atoms with Crippen molar-refractivity contribution in [1.29, 1.82) is 5.26 Å². The van der Waals surface area contributed by atoms with Crippen LogP contribution in [0.15, 0.2) is 11.4 Å². The Bertz CT molecular complexity index is 561. The maximum atomic E-state index is 12.2. The van der Waals surface area contributed by atoms with E-state index in [4.69, 9.17) is 5.26 Å². The number of hydrogen-bond acceptors (Lipinski definition) is 4. The highest BCUT2D eigenvalue weighted by atomic mass is 32.1. The lowest BCUT2D eigenvalue weighted by Gasteiger charge is -2.32. The van der Waals surface area contributed by atoms with Gasteiger partial charge in [-0.25, -0.2) is 0 Å². The summed E-state index contributed by atoms with van der Waals surface area (Å²) in [5.41, 5.74) is 0.548. The van der Waals surface area contributed by atoms with Crippen LogP contribution >= 0.6 is 11.3 Å². The molecule has 2 heterocycles. The van der Waals surface area contributed by atoms with Gasteiger partial charge in [0.2, 0.25) is 5.91 Å². The maximum absolute atomic E-state index is 12.2. The highest BCUT2D eigenvalue weighted by molar-refractivity contribution is 7.14. The predicted octanol–water partition coefficient (Wildman–Crippen LogP) is 4.09. The van der Waals surface area contributed by atoms with E-state index in [2.05, 4.69) is 37.1 Å². The molecule has 1 aliphatic rings. The zero-order chi connectivity index (χ0) is 16.8. The van der Waals surface area contributed by atoms with Crippen LogP contribution in [-0.2, 0) is 4.79 Å². The summed E-state index contributed by atoms with van der Waals surface area (Å²) >= 11 is 1.40. The van der Waals surface area contributed by atoms with Crippen LogP contribution in [-0.4, -0.2) is 29.9 Å². The van der Waals surface area contributed by atoms with Crippen molar-refractivity contribution in [2.75, 3.05) is 18.4 Å². The second-order valence-corrected chi connectivity index (χ2v) is 7.81. The Balaban J connectivity index is 1.90. The summed E-state index contributed by atoms with van der Waals surface area (Å²) in [5, 5.41) is 14.4. The van der Waals surface area contributed by atoms with Gasteiger partial charge < -0.3 is 5.32 Å². The fraction of sp³-hybridized carbons (Fsp3) is 0.667. The molecule has 2 unspecified atom stereocenters. The molecule has 1 aromatic heterocycles. The number of likely N-dealkylation sites (tertiary alicyclic amines) is 1. The van der Waals surface area contributed by atoms with Gasteiger partial charge in [-0.05, 0) is 49.1 Å². The molecule has 126 valence electrons. The standard InChI is InChI=1S/C18H27N3OS/c1-13(2)16-5-4-14(3)6-9-21(16)10-7-17(22)20-18-15(12-19)8-11-23-18/h8,11,13-14,16H,4-7,9-10H2,1-3H3,(H,20,22). The molecule has 1 saturated heterocycles. The minimum atomic E-state index is 0.00347. The first-order valence-corrected chi connectivity index (χ1v) is 9.40. The molecule has 2 rings (SSSR count). The molecule has 1 N–H and O–H groups in total. The molecule has 23 heavy (non-hydrogen) atoms. The van der Waals surface area contributed by atoms with Crippen LogP contribution in [0, 0.1) is 23.2 Å². The third kappa shape index (κ3) is 5.05. The van der Waals surface area contributed by atoms with Crippen LogP contribution in [0.25, 0.3) is 0 Å². The van der Waals surface area contributed by atoms with Crippen molar-refractivity contribution in [1.82, 2.24) is 4.90 Å². The van der Waals surface area contributed by atoms with E-state index in [0.29, 0.717) is 28.9 Å². The molecule has 5 heteroatoms. The number of carbonyl (C=O) groups excluding carboxylic acids is 1. The molecule has 0 aliphatic carbocycles. The summed E-state index contributed by atoms with van der Waals surface area (Å²) in [7, 11) is 0. The topological polar surface area (TPSA) is 56.1 Å². The molecular weight excluding hydrogens is 306 g/mol. The number of thiophene rings is 1. The summed E-state index contributed by atoms with van der Waals surface area (Å²) in [4.78, 5) is 14.7. The van der Waals surface area contributed by atoms with E-state index in [-0.39, 0.29) is 5.91 Å². The molecular formula is C18H27N3OS. The third-order valence-electron chi connectivity index (χ3n) is 4.77. The number of hydrogen-bond donors (Lipinski definition) is 1. The zero-order valence-electron chi connectivity index (χ0n) is 14.3. The minimum Gasteiger partial charge on any atom is -0.317 e. The van der Waals surface area contributed by atoms with Crippen molar-refractivity contribution in [3.05, 3.63) is 17.0 Å². The number of anilines is 1. The van der Waals surface area contributed by atoms with Crippen LogP contribution in [0.1, 0.15) is 52.0 Å². The summed E-state index contributed by atoms with van der Waals surface area (Å²) in [5.74, 6) is 1.40. The van der Waals surface area contributed by atoms with Crippen LogP contribution in [0.3, 0.4) is 0 Å². The number of nitrogens with one attached hydrogen (secondary N) is 1. The van der Waals surface area contributed by atoms with Crippen molar-refractivity contribution in [3.8, 4) is 6.07 Å². The fourth-order valence-electron chi connectivity index (χ4n) is 3.30. The van der Waals surface area contributed by atoms with Gasteiger partial charge in [0.25, 0.3) is 0 Å². The Morgan fingerprint density at radius 2 is 2.26 bits per heavy atom. The van der Waals surface area contributed by atoms with Gasteiger partial charge in [-0.15, -0.1) is 11.3 Å². The quantitative estimate of drug-likeness (QED) is 0.883. The predicted molar refractivity (Wildman–Crippen MR) is 95.5 cm³/mol. The van der Waals surface area contributed by atoms with Crippen molar-refractivity contribution in [2.45, 2.75) is 52.5 Å². The van der Waals surface area contributed by atoms with E-state index < -0.39 is 0 Å². The first-order valence-electron chi connectivity index (χ1n) is 8.52. The second-order valence-electron chi connectivity index (χ2n) is 6.89. The lowest BCUT2D eigenvalue weighted by atomic mass is 9.95. The van der Waals surface area contributed by atoms with E-state index in [0.717, 1.165) is 19.0 Å². The molecule has 0 bridgehead atoms. The lowest BCUT2D eigenvalue weighted by Crippen LogP contribution is -2.40. The summed E-state index contributed by atoms with van der Waals surface area (Å²) in [6, 6.07) is 4.42. The monoisotopic (exact) mass is 333 g/mol. The average molecular weight is 334 g/mol. The third-order valence-corrected chi connectivity index (χ3v) is 5.60. The van der Waals surface area contributed by atoms with Crippen LogP contribution < -0.4 is 5.32 Å². The summed E-state index contributed by atoms with van der Waals surface area (Å²) < 4.78 is 0. The van der Waals surface area contributed by atoms with Gasteiger partial charge in [0.15, 0.2) is 0 Å². The molecule has 1 amide bonds. The molecule has 0 saturated carbocycles. The van der Waals surface area contributed by atoms with Crippen LogP contribution in [0.5, 0.6) is 0 Å². The van der Waals surface area contributed by atoms with E-state index in [9.17, 15) is 4.79 Å². The van der Waals surface area contributed by atoms with E-state index in [1.54, 1.807) is 6.07 Å².